The number of nitrogens with one attached hydrogen (secondary N) is 1. The van der Waals surface area contributed by atoms with E-state index in [2.05, 4.69) is 20.3 Å². The van der Waals surface area contributed by atoms with Crippen molar-refractivity contribution in [3.63, 3.8) is 0 Å². The average Bonchev–Trinajstić information content (AvgIpc) is 3.37. The van der Waals surface area contributed by atoms with Gasteiger partial charge in [-0.15, -0.1) is 0 Å². The summed E-state index contributed by atoms with van der Waals surface area (Å²) < 4.78 is 22.0. The van der Waals surface area contributed by atoms with Gasteiger partial charge in [-0.25, -0.2) is 9.37 Å². The third-order valence-corrected chi connectivity index (χ3v) is 7.73. The van der Waals surface area contributed by atoms with Gasteiger partial charge in [-0.1, -0.05) is 23.2 Å². The molecular weight excluding hydrogens is 518 g/mol. The number of likely N-dealkylation sites (tertiary alicyclic amines) is 1. The van der Waals surface area contributed by atoms with Gasteiger partial charge in [0, 0.05) is 54.2 Å². The Labute approximate surface area is 225 Å². The first kappa shape index (κ1) is 27.2. The Balaban J connectivity index is 1.48. The highest BCUT2D eigenvalue weighted by atomic mass is 35.5. The van der Waals surface area contributed by atoms with Gasteiger partial charge >= 0.3 is 0 Å². The fourth-order valence-electron chi connectivity index (χ4n) is 4.70. The molecule has 0 bridgehead atoms. The third kappa shape index (κ3) is 5.54. The topological polar surface area (TPSA) is 98.3 Å². The molecule has 1 atom stereocenters. The Morgan fingerprint density at radius 1 is 1.24 bits per heavy atom. The summed E-state index contributed by atoms with van der Waals surface area (Å²) in [4.78, 5) is 18.8. The van der Waals surface area contributed by atoms with Gasteiger partial charge in [-0.2, -0.15) is 5.10 Å². The van der Waals surface area contributed by atoms with Crippen molar-refractivity contribution in [1.82, 2.24) is 25.0 Å². The summed E-state index contributed by atoms with van der Waals surface area (Å²) in [6.07, 6.45) is 6.50. The van der Waals surface area contributed by atoms with Crippen molar-refractivity contribution in [3.05, 3.63) is 58.2 Å². The van der Waals surface area contributed by atoms with Crippen LogP contribution >= 0.6 is 23.2 Å². The van der Waals surface area contributed by atoms with Crippen LogP contribution in [0.3, 0.4) is 0 Å². The lowest BCUT2D eigenvalue weighted by Gasteiger charge is -2.41. The Morgan fingerprint density at radius 3 is 2.62 bits per heavy atom. The van der Waals surface area contributed by atoms with E-state index in [0.717, 1.165) is 37.1 Å². The maximum atomic E-state index is 14.0. The fourth-order valence-corrected chi connectivity index (χ4v) is 5.38. The summed E-state index contributed by atoms with van der Waals surface area (Å²) in [7, 11) is 1.66. The van der Waals surface area contributed by atoms with Crippen LogP contribution < -0.4 is 15.8 Å². The maximum Gasteiger partial charge on any atom is 0.239 e. The lowest BCUT2D eigenvalue weighted by Crippen LogP contribution is -2.56. The number of nitrogens with two attached hydrogens (primary N) is 1. The average molecular weight is 549 g/mol. The van der Waals surface area contributed by atoms with Crippen LogP contribution in [-0.4, -0.2) is 51.2 Å². The zero-order valence-corrected chi connectivity index (χ0v) is 22.8. The molecule has 3 heterocycles. The minimum Gasteiger partial charge on any atom is -0.482 e. The lowest BCUT2D eigenvalue weighted by molar-refractivity contribution is -0.132. The number of anilines is 1. The van der Waals surface area contributed by atoms with Crippen LogP contribution in [0, 0.1) is 5.82 Å². The molecule has 0 saturated carbocycles. The second-order valence-corrected chi connectivity index (χ2v) is 10.5. The summed E-state index contributed by atoms with van der Waals surface area (Å²) in [5, 5.41) is 7.55. The van der Waals surface area contributed by atoms with E-state index in [-0.39, 0.29) is 22.8 Å². The number of hydrogen-bond acceptors (Lipinski definition) is 6. The van der Waals surface area contributed by atoms with E-state index < -0.39 is 17.5 Å². The van der Waals surface area contributed by atoms with Crippen molar-refractivity contribution < 1.29 is 13.9 Å². The monoisotopic (exact) mass is 548 g/mol. The molecule has 3 aromatic rings. The van der Waals surface area contributed by atoms with Crippen molar-refractivity contribution in [1.29, 1.82) is 0 Å². The highest BCUT2D eigenvalue weighted by Gasteiger charge is 2.36. The summed E-state index contributed by atoms with van der Waals surface area (Å²) >= 11 is 12.4. The highest BCUT2D eigenvalue weighted by Crippen LogP contribution is 2.37. The summed E-state index contributed by atoms with van der Waals surface area (Å²) in [5.41, 5.74) is 7.49. The molecule has 0 radical (unpaired) electrons. The summed E-state index contributed by atoms with van der Waals surface area (Å²) in [5.74, 6) is -0.0408. The van der Waals surface area contributed by atoms with Gasteiger partial charge < -0.3 is 15.8 Å². The first-order valence-electron chi connectivity index (χ1n) is 12.1. The second kappa shape index (κ2) is 10.8. The quantitative estimate of drug-likeness (QED) is 0.390. The molecule has 1 aliphatic rings. The number of pyridine rings is 1. The van der Waals surface area contributed by atoms with E-state index in [0.29, 0.717) is 16.3 Å². The number of amides is 1. The van der Waals surface area contributed by atoms with Gasteiger partial charge in [-0.3, -0.25) is 14.4 Å². The Bertz CT molecular complexity index is 1290. The molecule has 3 N–H and O–H groups in total. The second-order valence-electron chi connectivity index (χ2n) is 9.69. The summed E-state index contributed by atoms with van der Waals surface area (Å²) in [6.45, 7) is 7.20. The number of rotatable bonds is 7. The number of hydrogen-bond donors (Lipinski definition) is 2. The van der Waals surface area contributed by atoms with Crippen molar-refractivity contribution in [2.45, 2.75) is 51.3 Å². The van der Waals surface area contributed by atoms with E-state index in [4.69, 9.17) is 33.7 Å². The van der Waals surface area contributed by atoms with Crippen LogP contribution in [0.25, 0.3) is 11.1 Å². The molecule has 1 fully saturated rings. The first-order valence-corrected chi connectivity index (χ1v) is 12.9. The van der Waals surface area contributed by atoms with Crippen LogP contribution in [0.1, 0.15) is 51.3 Å². The Kier molecular flexibility index (Phi) is 7.96. The van der Waals surface area contributed by atoms with Crippen LogP contribution in [0.2, 0.25) is 10.0 Å². The number of carbonyl (C=O) groups excluding carboxylic acids is 1. The largest absolute Gasteiger partial charge is 0.482 e. The zero-order valence-electron chi connectivity index (χ0n) is 21.3. The molecule has 1 aliphatic heterocycles. The van der Waals surface area contributed by atoms with Gasteiger partial charge in [0.1, 0.15) is 11.9 Å². The predicted molar refractivity (Wildman–Crippen MR) is 143 cm³/mol. The SMILES string of the molecule is CNC(=O)C(C)(C)N1CCC(n2cc(-c3cnc(N)c(O[C@H](C)c4c(Cl)ccc(F)c4Cl)c3)cn2)CC1. The normalized spacial score (nSPS) is 16.0. The van der Waals surface area contributed by atoms with Crippen LogP contribution in [-0.2, 0) is 4.79 Å². The van der Waals surface area contributed by atoms with E-state index >= 15 is 0 Å². The van der Waals surface area contributed by atoms with Crippen LogP contribution in [0.15, 0.2) is 36.8 Å². The number of nitrogens with zero attached hydrogens (tertiary/aromatic N) is 4. The molecule has 0 unspecified atom stereocenters. The number of nitrogen functional groups attached to an aromatic ring is 1. The molecule has 1 saturated heterocycles. The molecule has 1 aromatic carbocycles. The number of aromatic nitrogens is 3. The van der Waals surface area contributed by atoms with Crippen LogP contribution in [0.5, 0.6) is 5.75 Å². The van der Waals surface area contributed by atoms with Gasteiger partial charge in [0.15, 0.2) is 11.6 Å². The van der Waals surface area contributed by atoms with Crippen molar-refractivity contribution in [2.75, 3.05) is 25.9 Å². The molecule has 37 heavy (non-hydrogen) atoms. The van der Waals surface area contributed by atoms with E-state index in [1.807, 2.05) is 24.7 Å². The van der Waals surface area contributed by atoms with Gasteiger partial charge in [-0.05, 0) is 51.8 Å². The number of carbonyl (C=O) groups is 1. The van der Waals surface area contributed by atoms with E-state index in [1.165, 1.54) is 12.1 Å². The molecule has 0 spiro atoms. The minimum absolute atomic E-state index is 0.0115. The van der Waals surface area contributed by atoms with Gasteiger partial charge in [0.05, 0.1) is 22.8 Å². The molecule has 11 heteroatoms. The van der Waals surface area contributed by atoms with Crippen molar-refractivity contribution in [3.8, 4) is 16.9 Å². The molecule has 1 amide bonds. The minimum atomic E-state index is -0.665. The Morgan fingerprint density at radius 2 is 1.95 bits per heavy atom. The van der Waals surface area contributed by atoms with Gasteiger partial charge in [0.25, 0.3) is 0 Å². The summed E-state index contributed by atoms with van der Waals surface area (Å²) in [6, 6.07) is 4.64. The third-order valence-electron chi connectivity index (χ3n) is 7.02. The Hall–Kier alpha value is -2.88. The lowest BCUT2D eigenvalue weighted by atomic mass is 9.95. The molecule has 4 rings (SSSR count). The molecule has 0 aliphatic carbocycles. The van der Waals surface area contributed by atoms with Crippen molar-refractivity contribution >= 4 is 34.9 Å². The molecular formula is C26H31Cl2FN6O2. The number of halogens is 3. The number of ether oxygens (including phenoxy) is 1. The smallest absolute Gasteiger partial charge is 0.239 e. The number of benzene rings is 1. The number of likely N-dealkylation sites (N-methyl/N-ethyl adjacent to an activating group) is 1. The molecule has 8 nitrogen and oxygen atoms in total. The fraction of sp³-hybridized carbons (Fsp3) is 0.423. The van der Waals surface area contributed by atoms with E-state index in [9.17, 15) is 9.18 Å². The maximum absolute atomic E-state index is 14.0. The predicted octanol–water partition coefficient (Wildman–Crippen LogP) is 5.27. The zero-order chi connectivity index (χ0) is 26.9. The van der Waals surface area contributed by atoms with Gasteiger partial charge in [0.2, 0.25) is 5.91 Å². The van der Waals surface area contributed by atoms with E-state index in [1.54, 1.807) is 32.4 Å². The van der Waals surface area contributed by atoms with Crippen molar-refractivity contribution in [2.24, 2.45) is 0 Å². The standard InChI is InChI=1S/C26H31Cl2FN6O2/c1-15(22-19(27)5-6-20(29)23(22)28)37-21-11-16(12-32-24(21)30)17-13-33-35(14-17)18-7-9-34(10-8-18)26(2,3)25(36)31-4/h5-6,11-15,18H,7-10H2,1-4H3,(H2,30,32)(H,31,36)/t15-/m1/s1. The first-order chi connectivity index (χ1) is 17.5. The number of piperidine rings is 1. The molecule has 198 valence electrons. The van der Waals surface area contributed by atoms with Crippen LogP contribution in [0.4, 0.5) is 10.2 Å². The highest BCUT2D eigenvalue weighted by molar-refractivity contribution is 6.36. The molecule has 2 aromatic heterocycles.